The van der Waals surface area contributed by atoms with Gasteiger partial charge in [-0.15, -0.1) is 5.06 Å². The molecule has 3 N–H and O–H groups in total. The zero-order chi connectivity index (χ0) is 17.4. The number of ether oxygens (including phenoxy) is 4. The van der Waals surface area contributed by atoms with Crippen molar-refractivity contribution in [3.8, 4) is 0 Å². The van der Waals surface area contributed by atoms with E-state index in [-0.39, 0.29) is 26.8 Å². The second-order valence-electron chi connectivity index (χ2n) is 5.03. The Morgan fingerprint density at radius 1 is 1.42 bits per heavy atom. The van der Waals surface area contributed by atoms with Crippen LogP contribution < -0.4 is 5.73 Å². The highest BCUT2D eigenvalue weighted by atomic mass is 16.9. The highest BCUT2D eigenvalue weighted by Crippen LogP contribution is 2.25. The van der Waals surface area contributed by atoms with Crippen LogP contribution in [0.4, 0.5) is 0 Å². The summed E-state index contributed by atoms with van der Waals surface area (Å²) in [6.45, 7) is -0.0516. The van der Waals surface area contributed by atoms with Crippen LogP contribution in [0.5, 0.6) is 0 Å². The van der Waals surface area contributed by atoms with Gasteiger partial charge in [-0.2, -0.15) is 0 Å². The molecule has 24 heavy (non-hydrogen) atoms. The number of methoxy groups -OCH3 is 1. The second kappa shape index (κ2) is 9.64. The largest absolute Gasteiger partial charge is 0.479 e. The number of benzene rings is 1. The third-order valence-electron chi connectivity index (χ3n) is 3.30. The van der Waals surface area contributed by atoms with Gasteiger partial charge in [0.25, 0.3) is 0 Å². The molecule has 1 aliphatic rings. The van der Waals surface area contributed by atoms with Crippen molar-refractivity contribution < 1.29 is 33.7 Å². The maximum atomic E-state index is 11.4. The van der Waals surface area contributed by atoms with Gasteiger partial charge in [0.05, 0.1) is 0 Å². The van der Waals surface area contributed by atoms with E-state index in [1.54, 1.807) is 0 Å². The number of hydrogen-bond donors (Lipinski definition) is 2. The Morgan fingerprint density at radius 3 is 2.79 bits per heavy atom. The monoisotopic (exact) mass is 342 g/mol. The Labute approximate surface area is 139 Å². The van der Waals surface area contributed by atoms with Crippen LogP contribution >= 0.6 is 0 Å². The number of carboxylic acids is 1. The van der Waals surface area contributed by atoms with E-state index in [1.165, 1.54) is 12.2 Å². The number of carboxylic acid groups (broad SMARTS) is 1. The molecular weight excluding hydrogens is 320 g/mol. The lowest BCUT2D eigenvalue weighted by molar-refractivity contribution is -0.228. The van der Waals surface area contributed by atoms with E-state index < -0.39 is 24.5 Å². The minimum absolute atomic E-state index is 0.0235. The molecule has 0 aromatic heterocycles. The van der Waals surface area contributed by atoms with Crippen molar-refractivity contribution in [1.82, 2.24) is 5.06 Å². The second-order valence-corrected chi connectivity index (χ2v) is 5.03. The molecule has 1 aromatic carbocycles. The Kier molecular flexibility index (Phi) is 7.53. The zero-order valence-corrected chi connectivity index (χ0v) is 13.4. The summed E-state index contributed by atoms with van der Waals surface area (Å²) in [6, 6.07) is 9.39. The molecule has 0 radical (unpaired) electrons. The highest BCUT2D eigenvalue weighted by Gasteiger charge is 2.32. The van der Waals surface area contributed by atoms with E-state index >= 15 is 0 Å². The van der Waals surface area contributed by atoms with Crippen LogP contribution in [0.25, 0.3) is 0 Å². The summed E-state index contributed by atoms with van der Waals surface area (Å²) in [5.41, 5.74) is 6.40. The molecule has 0 bridgehead atoms. The fourth-order valence-electron chi connectivity index (χ4n) is 2.12. The van der Waals surface area contributed by atoms with Gasteiger partial charge in [-0.05, 0) is 0 Å². The summed E-state index contributed by atoms with van der Waals surface area (Å²) >= 11 is 0. The number of carbonyl (C=O) groups is 1. The van der Waals surface area contributed by atoms with Crippen LogP contribution in [0.15, 0.2) is 30.3 Å². The molecule has 3 atom stereocenters. The summed E-state index contributed by atoms with van der Waals surface area (Å²) in [5.74, 6) is -1.18. The van der Waals surface area contributed by atoms with Crippen LogP contribution in [-0.4, -0.2) is 62.3 Å². The molecule has 1 saturated heterocycles. The summed E-state index contributed by atoms with van der Waals surface area (Å²) in [7, 11) is 1.43. The van der Waals surface area contributed by atoms with E-state index in [9.17, 15) is 9.90 Å². The van der Waals surface area contributed by atoms with Crippen molar-refractivity contribution >= 4 is 5.97 Å². The van der Waals surface area contributed by atoms with Crippen molar-refractivity contribution in [3.63, 3.8) is 0 Å². The van der Waals surface area contributed by atoms with Gasteiger partial charge in [-0.25, -0.2) is 4.79 Å². The molecule has 9 heteroatoms. The first kappa shape index (κ1) is 18.7. The smallest absolute Gasteiger partial charge is 0.335 e. The fraction of sp³-hybridized carbons (Fsp3) is 0.533. The SMILES string of the molecule is COCOC(CN)C(OCN1COC(c2ccccc2)O1)C(=O)O. The third kappa shape index (κ3) is 5.21. The lowest BCUT2D eigenvalue weighted by Gasteiger charge is -2.24. The maximum Gasteiger partial charge on any atom is 0.335 e. The van der Waals surface area contributed by atoms with Gasteiger partial charge in [-0.3, -0.25) is 4.84 Å². The average Bonchev–Trinajstić information content (AvgIpc) is 3.07. The first-order valence-electron chi connectivity index (χ1n) is 7.39. The molecule has 2 rings (SSSR count). The molecule has 1 aliphatic heterocycles. The number of hydrogen-bond acceptors (Lipinski definition) is 8. The molecule has 1 fully saturated rings. The van der Waals surface area contributed by atoms with Crippen molar-refractivity contribution in [2.45, 2.75) is 18.5 Å². The molecule has 134 valence electrons. The topological polar surface area (TPSA) is 113 Å². The lowest BCUT2D eigenvalue weighted by atomic mass is 10.2. The van der Waals surface area contributed by atoms with Crippen molar-refractivity contribution in [3.05, 3.63) is 35.9 Å². The van der Waals surface area contributed by atoms with Crippen LogP contribution in [0.3, 0.4) is 0 Å². The lowest BCUT2D eigenvalue weighted by Crippen LogP contribution is -2.45. The average molecular weight is 342 g/mol. The van der Waals surface area contributed by atoms with E-state index in [2.05, 4.69) is 0 Å². The standard InChI is InChI=1S/C15H22N2O7/c1-20-10-23-12(7-16)13(14(18)19)21-8-17-9-22-15(24-17)11-5-3-2-4-6-11/h2-6,12-13,15H,7-10,16H2,1H3,(H,18,19). The summed E-state index contributed by atoms with van der Waals surface area (Å²) < 4.78 is 20.9. The van der Waals surface area contributed by atoms with Gasteiger partial charge >= 0.3 is 5.97 Å². The number of rotatable bonds is 10. The first-order valence-corrected chi connectivity index (χ1v) is 7.39. The van der Waals surface area contributed by atoms with Crippen molar-refractivity contribution in [1.29, 1.82) is 0 Å². The first-order chi connectivity index (χ1) is 11.7. The quantitative estimate of drug-likeness (QED) is 0.579. The zero-order valence-electron chi connectivity index (χ0n) is 13.4. The Balaban J connectivity index is 1.85. The molecule has 3 unspecified atom stereocenters. The Hall–Kier alpha value is -1.59. The minimum Gasteiger partial charge on any atom is -0.479 e. The summed E-state index contributed by atoms with van der Waals surface area (Å²) in [4.78, 5) is 16.9. The van der Waals surface area contributed by atoms with Crippen molar-refractivity contribution in [2.24, 2.45) is 5.73 Å². The van der Waals surface area contributed by atoms with Gasteiger partial charge in [0.1, 0.15) is 26.4 Å². The predicted octanol–water partition coefficient (Wildman–Crippen LogP) is 0.282. The van der Waals surface area contributed by atoms with Gasteiger partial charge < -0.3 is 29.8 Å². The van der Waals surface area contributed by atoms with Crippen molar-refractivity contribution in [2.75, 3.05) is 33.9 Å². The summed E-state index contributed by atoms with van der Waals surface area (Å²) in [6.07, 6.45) is -2.63. The maximum absolute atomic E-state index is 11.4. The molecule has 0 spiro atoms. The number of nitrogens with two attached hydrogens (primary N) is 1. The molecule has 1 heterocycles. The van der Waals surface area contributed by atoms with Gasteiger partial charge in [0, 0.05) is 19.2 Å². The number of aliphatic carboxylic acids is 1. The molecule has 1 aromatic rings. The van der Waals surface area contributed by atoms with Gasteiger partial charge in [0.15, 0.2) is 6.10 Å². The van der Waals surface area contributed by atoms with E-state index in [1.807, 2.05) is 30.3 Å². The predicted molar refractivity (Wildman–Crippen MR) is 81.2 cm³/mol. The van der Waals surface area contributed by atoms with E-state index in [0.29, 0.717) is 0 Å². The molecule has 0 aliphatic carbocycles. The Bertz CT molecular complexity index is 502. The van der Waals surface area contributed by atoms with Crippen LogP contribution in [0.1, 0.15) is 11.9 Å². The van der Waals surface area contributed by atoms with Crippen LogP contribution in [0, 0.1) is 0 Å². The van der Waals surface area contributed by atoms with Crippen LogP contribution in [0.2, 0.25) is 0 Å². The molecule has 0 saturated carbocycles. The number of hydroxylamine groups is 2. The van der Waals surface area contributed by atoms with Gasteiger partial charge in [-0.1, -0.05) is 30.3 Å². The minimum atomic E-state index is -1.25. The summed E-state index contributed by atoms with van der Waals surface area (Å²) in [5, 5.41) is 10.7. The fourth-order valence-corrected chi connectivity index (χ4v) is 2.12. The highest BCUT2D eigenvalue weighted by molar-refractivity contribution is 5.73. The normalized spacial score (nSPS) is 20.8. The Morgan fingerprint density at radius 2 is 2.17 bits per heavy atom. The van der Waals surface area contributed by atoms with E-state index in [0.717, 1.165) is 5.56 Å². The third-order valence-corrected chi connectivity index (χ3v) is 3.30. The van der Waals surface area contributed by atoms with Crippen LogP contribution in [-0.2, 0) is 28.6 Å². The number of nitrogens with zero attached hydrogens (tertiary/aromatic N) is 1. The molecule has 0 amide bonds. The molecular formula is C15H22N2O7. The molecule has 9 nitrogen and oxygen atoms in total. The van der Waals surface area contributed by atoms with E-state index in [4.69, 9.17) is 29.5 Å². The van der Waals surface area contributed by atoms with Gasteiger partial charge in [0.2, 0.25) is 6.29 Å².